The van der Waals surface area contributed by atoms with Gasteiger partial charge in [0.1, 0.15) is 17.3 Å². The van der Waals surface area contributed by atoms with Gasteiger partial charge in [-0.05, 0) is 50.0 Å². The highest BCUT2D eigenvalue weighted by atomic mass is 32.2. The summed E-state index contributed by atoms with van der Waals surface area (Å²) >= 11 is 0. The second kappa shape index (κ2) is 7.89. The maximum Gasteiger partial charge on any atom is 0.253 e. The van der Waals surface area contributed by atoms with E-state index in [-0.39, 0.29) is 22.9 Å². The normalized spacial score (nSPS) is 16.5. The molecular weight excluding hydrogens is 390 g/mol. The molecule has 0 saturated heterocycles. The van der Waals surface area contributed by atoms with Gasteiger partial charge in [0.2, 0.25) is 0 Å². The van der Waals surface area contributed by atoms with Crippen molar-refractivity contribution in [1.29, 1.82) is 0 Å². The van der Waals surface area contributed by atoms with E-state index < -0.39 is 9.84 Å². The van der Waals surface area contributed by atoms with E-state index in [0.717, 1.165) is 55.2 Å². The predicted octanol–water partition coefficient (Wildman–Crippen LogP) is 2.44. The molecule has 0 amide bonds. The fourth-order valence-electron chi connectivity index (χ4n) is 3.75. The van der Waals surface area contributed by atoms with E-state index in [4.69, 9.17) is 4.74 Å². The first-order chi connectivity index (χ1) is 13.9. The molecule has 0 radical (unpaired) electrons. The molecule has 1 saturated carbocycles. The van der Waals surface area contributed by atoms with E-state index in [1.165, 1.54) is 0 Å². The lowest BCUT2D eigenvalue weighted by Crippen LogP contribution is -2.26. The zero-order valence-electron chi connectivity index (χ0n) is 17.0. The fourth-order valence-corrected chi connectivity index (χ4v) is 4.49. The minimum atomic E-state index is -3.25. The number of pyridine rings is 1. The molecule has 0 N–H and O–H groups in total. The highest BCUT2D eigenvalue weighted by Gasteiger charge is 2.26. The summed E-state index contributed by atoms with van der Waals surface area (Å²) in [6.07, 6.45) is 9.32. The molecule has 2 aliphatic carbocycles. The summed E-state index contributed by atoms with van der Waals surface area (Å²) in [4.78, 5) is 21.5. The standard InChI is InChI=1S/C21H27N3O4S/c1-3-29(26,27)13-19-22-10-18(28-12-14-8-9-14)20(23-19)17-11-24(2)21(25)16-7-5-4-6-15(16)17/h10-11,14H,3-9,12-13H2,1-2H3. The summed E-state index contributed by atoms with van der Waals surface area (Å²) < 4.78 is 31.8. The van der Waals surface area contributed by atoms with Crippen LogP contribution in [0.2, 0.25) is 0 Å². The minimum Gasteiger partial charge on any atom is -0.489 e. The van der Waals surface area contributed by atoms with Gasteiger partial charge in [0.15, 0.2) is 15.6 Å². The highest BCUT2D eigenvalue weighted by molar-refractivity contribution is 7.90. The highest BCUT2D eigenvalue weighted by Crippen LogP contribution is 2.36. The van der Waals surface area contributed by atoms with Crippen molar-refractivity contribution < 1.29 is 13.2 Å². The van der Waals surface area contributed by atoms with Crippen LogP contribution in [-0.4, -0.2) is 35.3 Å². The largest absolute Gasteiger partial charge is 0.489 e. The molecule has 156 valence electrons. The molecule has 0 spiro atoms. The number of fused-ring (bicyclic) bond motifs is 1. The Morgan fingerprint density at radius 2 is 1.93 bits per heavy atom. The van der Waals surface area contributed by atoms with Crippen LogP contribution in [0, 0.1) is 5.92 Å². The lowest BCUT2D eigenvalue weighted by molar-refractivity contribution is 0.298. The van der Waals surface area contributed by atoms with Crippen LogP contribution >= 0.6 is 0 Å². The predicted molar refractivity (Wildman–Crippen MR) is 111 cm³/mol. The number of nitrogens with zero attached hydrogens (tertiary/aromatic N) is 3. The number of aromatic nitrogens is 3. The number of rotatable bonds is 7. The number of aryl methyl sites for hydroxylation is 1. The first-order valence-corrected chi connectivity index (χ1v) is 12.1. The van der Waals surface area contributed by atoms with Gasteiger partial charge in [0.25, 0.3) is 5.56 Å². The molecule has 0 bridgehead atoms. The summed E-state index contributed by atoms with van der Waals surface area (Å²) in [6, 6.07) is 0. The van der Waals surface area contributed by atoms with E-state index in [1.807, 2.05) is 0 Å². The summed E-state index contributed by atoms with van der Waals surface area (Å²) in [7, 11) is -1.51. The van der Waals surface area contributed by atoms with Crippen LogP contribution in [-0.2, 0) is 35.5 Å². The molecule has 4 rings (SSSR count). The molecule has 0 aromatic carbocycles. The fraction of sp³-hybridized carbons (Fsp3) is 0.571. The van der Waals surface area contributed by atoms with Crippen LogP contribution in [0.15, 0.2) is 17.2 Å². The second-order valence-corrected chi connectivity index (χ2v) is 10.4. The van der Waals surface area contributed by atoms with Crippen LogP contribution in [0.1, 0.15) is 49.6 Å². The van der Waals surface area contributed by atoms with Crippen molar-refractivity contribution in [3.8, 4) is 17.0 Å². The summed E-state index contributed by atoms with van der Waals surface area (Å²) in [5, 5.41) is 0. The van der Waals surface area contributed by atoms with Gasteiger partial charge in [-0.15, -0.1) is 0 Å². The summed E-state index contributed by atoms with van der Waals surface area (Å²) in [5.41, 5.74) is 3.33. The van der Waals surface area contributed by atoms with Gasteiger partial charge >= 0.3 is 0 Å². The second-order valence-electron chi connectivity index (χ2n) is 8.05. The Morgan fingerprint density at radius 3 is 2.62 bits per heavy atom. The zero-order chi connectivity index (χ0) is 20.6. The monoisotopic (exact) mass is 417 g/mol. The van der Waals surface area contributed by atoms with E-state index >= 15 is 0 Å². The van der Waals surface area contributed by atoms with E-state index in [9.17, 15) is 13.2 Å². The molecule has 2 aliphatic rings. The van der Waals surface area contributed by atoms with Crippen LogP contribution < -0.4 is 10.3 Å². The quantitative estimate of drug-likeness (QED) is 0.687. The molecule has 2 heterocycles. The Balaban J connectivity index is 1.83. The van der Waals surface area contributed by atoms with Crippen molar-refractivity contribution >= 4 is 9.84 Å². The summed E-state index contributed by atoms with van der Waals surface area (Å²) in [6.45, 7) is 2.23. The minimum absolute atomic E-state index is 0.0340. The number of ether oxygens (including phenoxy) is 1. The Hall–Kier alpha value is -2.22. The average Bonchev–Trinajstić information content (AvgIpc) is 3.54. The van der Waals surface area contributed by atoms with Crippen molar-refractivity contribution in [3.63, 3.8) is 0 Å². The first-order valence-electron chi connectivity index (χ1n) is 10.3. The van der Waals surface area contributed by atoms with Crippen molar-refractivity contribution in [2.24, 2.45) is 13.0 Å². The van der Waals surface area contributed by atoms with E-state index in [2.05, 4.69) is 9.97 Å². The van der Waals surface area contributed by atoms with Crippen LogP contribution in [0.4, 0.5) is 0 Å². The molecule has 0 unspecified atom stereocenters. The van der Waals surface area contributed by atoms with Gasteiger partial charge in [0, 0.05) is 30.1 Å². The van der Waals surface area contributed by atoms with Crippen molar-refractivity contribution in [2.75, 3.05) is 12.4 Å². The van der Waals surface area contributed by atoms with Gasteiger partial charge in [0.05, 0.1) is 12.8 Å². The van der Waals surface area contributed by atoms with Gasteiger partial charge in [-0.2, -0.15) is 0 Å². The molecule has 7 nitrogen and oxygen atoms in total. The first kappa shape index (κ1) is 20.1. The third-order valence-corrected chi connectivity index (χ3v) is 7.29. The molecule has 1 fully saturated rings. The van der Waals surface area contributed by atoms with E-state index in [0.29, 0.717) is 24.0 Å². The lowest BCUT2D eigenvalue weighted by atomic mass is 9.88. The van der Waals surface area contributed by atoms with Crippen molar-refractivity contribution in [2.45, 2.75) is 51.2 Å². The van der Waals surface area contributed by atoms with Gasteiger partial charge < -0.3 is 9.30 Å². The van der Waals surface area contributed by atoms with Crippen LogP contribution in [0.5, 0.6) is 5.75 Å². The Bertz CT molecular complexity index is 1090. The average molecular weight is 418 g/mol. The van der Waals surface area contributed by atoms with Crippen molar-refractivity contribution in [3.05, 3.63) is 39.7 Å². The SMILES string of the molecule is CCS(=O)(=O)Cc1ncc(OCC2CC2)c(-c2cn(C)c(=O)c3c2CCCC3)n1. The maximum absolute atomic E-state index is 12.6. The smallest absolute Gasteiger partial charge is 0.253 e. The summed E-state index contributed by atoms with van der Waals surface area (Å²) in [5.74, 6) is 1.23. The third kappa shape index (κ3) is 4.37. The molecule has 0 atom stereocenters. The van der Waals surface area contributed by atoms with Gasteiger partial charge in [-0.25, -0.2) is 18.4 Å². The number of sulfone groups is 1. The Labute approximate surface area is 171 Å². The number of hydrogen-bond donors (Lipinski definition) is 0. The molecule has 2 aromatic rings. The lowest BCUT2D eigenvalue weighted by Gasteiger charge is -2.21. The Kier molecular flexibility index (Phi) is 5.46. The van der Waals surface area contributed by atoms with E-state index in [1.54, 1.807) is 30.9 Å². The topological polar surface area (TPSA) is 91.2 Å². The van der Waals surface area contributed by atoms with Crippen molar-refractivity contribution in [1.82, 2.24) is 14.5 Å². The van der Waals surface area contributed by atoms with Crippen LogP contribution in [0.3, 0.4) is 0 Å². The zero-order valence-corrected chi connectivity index (χ0v) is 17.8. The molecular formula is C21H27N3O4S. The molecule has 0 aliphatic heterocycles. The Morgan fingerprint density at radius 1 is 1.21 bits per heavy atom. The molecule has 2 aromatic heterocycles. The number of hydrogen-bond acceptors (Lipinski definition) is 6. The van der Waals surface area contributed by atoms with Gasteiger partial charge in [-0.3, -0.25) is 4.79 Å². The van der Waals surface area contributed by atoms with Crippen LogP contribution in [0.25, 0.3) is 11.3 Å². The molecule has 8 heteroatoms. The van der Waals surface area contributed by atoms with Gasteiger partial charge in [-0.1, -0.05) is 6.92 Å². The molecule has 29 heavy (non-hydrogen) atoms. The maximum atomic E-state index is 12.6. The third-order valence-electron chi connectivity index (χ3n) is 5.71.